The highest BCUT2D eigenvalue weighted by atomic mass is 16.6. The summed E-state index contributed by atoms with van der Waals surface area (Å²) in [6.45, 7) is -0.138. The van der Waals surface area contributed by atoms with E-state index in [2.05, 4.69) is 10.1 Å². The van der Waals surface area contributed by atoms with Crippen molar-refractivity contribution < 1.29 is 24.4 Å². The number of nitrogens with one attached hydrogen (secondary N) is 1. The number of hydrogen-bond donors (Lipinski definition) is 2. The standard InChI is InChI=1S/C12H14N2O6/c1-20-7-10(12(16)17)13-11(15)6-8-2-4-9(5-3-8)14(18)19/h2-5,10H,6-7H2,1H3,(H,13,15)(H,16,17). The second-order valence-corrected chi connectivity index (χ2v) is 4.01. The number of nitrogens with zero attached hydrogens (tertiary/aromatic N) is 1. The van der Waals surface area contributed by atoms with E-state index < -0.39 is 22.8 Å². The molecule has 8 nitrogen and oxygen atoms in total. The Labute approximate surface area is 114 Å². The molecule has 0 aliphatic rings. The molecule has 108 valence electrons. The maximum absolute atomic E-state index is 11.7. The molecular formula is C12H14N2O6. The van der Waals surface area contributed by atoms with Gasteiger partial charge in [0, 0.05) is 19.2 Å². The van der Waals surface area contributed by atoms with E-state index >= 15 is 0 Å². The van der Waals surface area contributed by atoms with Gasteiger partial charge in [0.2, 0.25) is 5.91 Å². The summed E-state index contributed by atoms with van der Waals surface area (Å²) in [5.41, 5.74) is 0.478. The molecule has 0 saturated heterocycles. The minimum atomic E-state index is -1.19. The monoisotopic (exact) mass is 282 g/mol. The molecule has 0 aliphatic carbocycles. The summed E-state index contributed by atoms with van der Waals surface area (Å²) in [5.74, 6) is -1.69. The minimum absolute atomic E-state index is 0.0640. The Bertz CT molecular complexity index is 499. The predicted molar refractivity (Wildman–Crippen MR) is 68.2 cm³/mol. The molecule has 1 amide bonds. The summed E-state index contributed by atoms with van der Waals surface area (Å²) in [6.07, 6.45) is -0.0640. The molecule has 20 heavy (non-hydrogen) atoms. The van der Waals surface area contributed by atoms with E-state index in [0.717, 1.165) is 0 Å². The number of nitro benzene ring substituents is 1. The molecule has 0 radical (unpaired) electrons. The number of carbonyl (C=O) groups excluding carboxylic acids is 1. The molecule has 0 spiro atoms. The van der Waals surface area contributed by atoms with Crippen molar-refractivity contribution in [1.82, 2.24) is 5.32 Å². The van der Waals surface area contributed by atoms with Crippen LogP contribution in [0.25, 0.3) is 0 Å². The van der Waals surface area contributed by atoms with E-state index in [9.17, 15) is 19.7 Å². The Balaban J connectivity index is 2.61. The third kappa shape index (κ3) is 4.65. The van der Waals surface area contributed by atoms with Crippen LogP contribution in [-0.4, -0.2) is 41.7 Å². The number of carbonyl (C=O) groups is 2. The fourth-order valence-corrected chi connectivity index (χ4v) is 1.51. The molecule has 0 aliphatic heterocycles. The van der Waals surface area contributed by atoms with Gasteiger partial charge >= 0.3 is 5.97 Å². The summed E-state index contributed by atoms with van der Waals surface area (Å²) in [7, 11) is 1.33. The molecule has 0 saturated carbocycles. The zero-order chi connectivity index (χ0) is 15.1. The van der Waals surface area contributed by atoms with E-state index in [0.29, 0.717) is 5.56 Å². The van der Waals surface area contributed by atoms with Gasteiger partial charge in [-0.25, -0.2) is 4.79 Å². The number of hydrogen-bond acceptors (Lipinski definition) is 5. The minimum Gasteiger partial charge on any atom is -0.480 e. The van der Waals surface area contributed by atoms with Crippen LogP contribution in [0.4, 0.5) is 5.69 Å². The highest BCUT2D eigenvalue weighted by Gasteiger charge is 2.19. The number of nitro groups is 1. The van der Waals surface area contributed by atoms with Crippen molar-refractivity contribution in [1.29, 1.82) is 0 Å². The number of rotatable bonds is 7. The number of benzene rings is 1. The summed E-state index contributed by atoms with van der Waals surface area (Å²) in [5, 5.41) is 21.6. The number of methoxy groups -OCH3 is 1. The van der Waals surface area contributed by atoms with Gasteiger partial charge in [-0.1, -0.05) is 12.1 Å². The van der Waals surface area contributed by atoms with Crippen LogP contribution in [0.3, 0.4) is 0 Å². The van der Waals surface area contributed by atoms with Gasteiger partial charge in [0.15, 0.2) is 6.04 Å². The molecule has 0 heterocycles. The van der Waals surface area contributed by atoms with Gasteiger partial charge in [0.25, 0.3) is 5.69 Å². The first-order chi connectivity index (χ1) is 9.43. The van der Waals surface area contributed by atoms with Crippen LogP contribution in [-0.2, 0) is 20.7 Å². The van der Waals surface area contributed by atoms with Crippen molar-refractivity contribution >= 4 is 17.6 Å². The maximum atomic E-state index is 11.7. The van der Waals surface area contributed by atoms with Crippen molar-refractivity contribution in [2.45, 2.75) is 12.5 Å². The lowest BCUT2D eigenvalue weighted by Gasteiger charge is -2.13. The van der Waals surface area contributed by atoms with Gasteiger partial charge < -0.3 is 15.2 Å². The average molecular weight is 282 g/mol. The first-order valence-electron chi connectivity index (χ1n) is 5.68. The van der Waals surface area contributed by atoms with Gasteiger partial charge in [-0.05, 0) is 5.56 Å². The average Bonchev–Trinajstić information content (AvgIpc) is 2.38. The smallest absolute Gasteiger partial charge is 0.328 e. The molecule has 1 aromatic carbocycles. The van der Waals surface area contributed by atoms with Crippen molar-refractivity contribution in [3.63, 3.8) is 0 Å². The number of carboxylic acids is 1. The first kappa shape index (κ1) is 15.6. The van der Waals surface area contributed by atoms with Crippen LogP contribution in [0.2, 0.25) is 0 Å². The summed E-state index contributed by atoms with van der Waals surface area (Å²) in [6, 6.07) is 4.34. The number of carboxylic acid groups (broad SMARTS) is 1. The Hall–Kier alpha value is -2.48. The van der Waals surface area contributed by atoms with Gasteiger partial charge in [0.1, 0.15) is 0 Å². The highest BCUT2D eigenvalue weighted by molar-refractivity contribution is 5.84. The molecule has 0 aromatic heterocycles. The lowest BCUT2D eigenvalue weighted by atomic mass is 10.1. The van der Waals surface area contributed by atoms with Crippen molar-refractivity contribution in [3.05, 3.63) is 39.9 Å². The predicted octanol–water partition coefficient (Wildman–Crippen LogP) is 0.353. The molecule has 0 fully saturated rings. The third-order valence-electron chi connectivity index (χ3n) is 2.48. The van der Waals surface area contributed by atoms with Crippen LogP contribution >= 0.6 is 0 Å². The maximum Gasteiger partial charge on any atom is 0.328 e. The van der Waals surface area contributed by atoms with E-state index in [1.54, 1.807) is 0 Å². The number of ether oxygens (including phenoxy) is 1. The van der Waals surface area contributed by atoms with Crippen LogP contribution in [0.1, 0.15) is 5.56 Å². The lowest BCUT2D eigenvalue weighted by Crippen LogP contribution is -2.44. The van der Waals surface area contributed by atoms with E-state index in [4.69, 9.17) is 5.11 Å². The zero-order valence-electron chi connectivity index (χ0n) is 10.7. The Morgan fingerprint density at radius 2 is 2.00 bits per heavy atom. The fourth-order valence-electron chi connectivity index (χ4n) is 1.51. The molecule has 8 heteroatoms. The van der Waals surface area contributed by atoms with Gasteiger partial charge in [-0.3, -0.25) is 14.9 Å². The van der Waals surface area contributed by atoms with Gasteiger partial charge in [-0.2, -0.15) is 0 Å². The quantitative estimate of drug-likeness (QED) is 0.550. The lowest BCUT2D eigenvalue weighted by molar-refractivity contribution is -0.384. The molecular weight excluding hydrogens is 268 g/mol. The topological polar surface area (TPSA) is 119 Å². The van der Waals surface area contributed by atoms with Crippen molar-refractivity contribution in [2.75, 3.05) is 13.7 Å². The van der Waals surface area contributed by atoms with Crippen molar-refractivity contribution in [3.8, 4) is 0 Å². The molecule has 0 bridgehead atoms. The van der Waals surface area contributed by atoms with Crippen LogP contribution < -0.4 is 5.32 Å². The second kappa shape index (κ2) is 7.19. The van der Waals surface area contributed by atoms with E-state index in [1.807, 2.05) is 0 Å². The zero-order valence-corrected chi connectivity index (χ0v) is 10.7. The third-order valence-corrected chi connectivity index (χ3v) is 2.48. The largest absolute Gasteiger partial charge is 0.480 e. The number of amides is 1. The Morgan fingerprint density at radius 3 is 2.45 bits per heavy atom. The molecule has 2 N–H and O–H groups in total. The van der Waals surface area contributed by atoms with Crippen molar-refractivity contribution in [2.24, 2.45) is 0 Å². The number of aliphatic carboxylic acids is 1. The van der Waals surface area contributed by atoms with Gasteiger partial charge in [0.05, 0.1) is 18.0 Å². The summed E-state index contributed by atoms with van der Waals surface area (Å²) in [4.78, 5) is 32.4. The number of non-ortho nitro benzene ring substituents is 1. The molecule has 1 rings (SSSR count). The summed E-state index contributed by atoms with van der Waals surface area (Å²) >= 11 is 0. The molecule has 1 atom stereocenters. The molecule has 1 aromatic rings. The first-order valence-corrected chi connectivity index (χ1v) is 5.68. The molecule has 1 unspecified atom stereocenters. The normalized spacial score (nSPS) is 11.7. The van der Waals surface area contributed by atoms with Crippen LogP contribution in [0.15, 0.2) is 24.3 Å². The SMILES string of the molecule is COCC(NC(=O)Cc1ccc([N+](=O)[O-])cc1)C(=O)O. The van der Waals surface area contributed by atoms with Crippen LogP contribution in [0, 0.1) is 10.1 Å². The second-order valence-electron chi connectivity index (χ2n) is 4.01. The van der Waals surface area contributed by atoms with Gasteiger partial charge in [-0.15, -0.1) is 0 Å². The van der Waals surface area contributed by atoms with Crippen LogP contribution in [0.5, 0.6) is 0 Å². The van der Waals surface area contributed by atoms with E-state index in [-0.39, 0.29) is 18.7 Å². The van der Waals surface area contributed by atoms with E-state index in [1.165, 1.54) is 31.4 Å². The highest BCUT2D eigenvalue weighted by Crippen LogP contribution is 2.12. The summed E-state index contributed by atoms with van der Waals surface area (Å²) < 4.78 is 4.69. The Kier molecular flexibility index (Phi) is 5.60. The fraction of sp³-hybridized carbons (Fsp3) is 0.333. The Morgan fingerprint density at radius 1 is 1.40 bits per heavy atom.